The van der Waals surface area contributed by atoms with Gasteiger partial charge in [-0.05, 0) is 42.5 Å². The highest BCUT2D eigenvalue weighted by Gasteiger charge is 2.11. The zero-order valence-electron chi connectivity index (χ0n) is 12.8. The average Bonchev–Trinajstić information content (AvgIpc) is 3.06. The molecule has 0 fully saturated rings. The molecule has 0 radical (unpaired) electrons. The Morgan fingerprint density at radius 3 is 2.62 bits per heavy atom. The molecule has 0 saturated carbocycles. The number of rotatable bonds is 3. The molecule has 2 heterocycles. The Morgan fingerprint density at radius 1 is 1.00 bits per heavy atom. The van der Waals surface area contributed by atoms with Crippen LogP contribution in [0.3, 0.4) is 0 Å². The summed E-state index contributed by atoms with van der Waals surface area (Å²) in [5, 5.41) is 5.28. The number of fused-ring (bicyclic) bond motifs is 1. The summed E-state index contributed by atoms with van der Waals surface area (Å²) in [6, 6.07) is 17.1. The van der Waals surface area contributed by atoms with Crippen LogP contribution >= 0.6 is 11.6 Å². The van der Waals surface area contributed by atoms with Gasteiger partial charge in [-0.25, -0.2) is 4.98 Å². The first kappa shape index (κ1) is 14.7. The number of hydrogen-bond acceptors (Lipinski definition) is 4. The van der Waals surface area contributed by atoms with E-state index in [0.29, 0.717) is 16.6 Å². The molecule has 6 heteroatoms. The van der Waals surface area contributed by atoms with Gasteiger partial charge in [-0.1, -0.05) is 23.7 Å². The van der Waals surface area contributed by atoms with Gasteiger partial charge in [0.2, 0.25) is 0 Å². The van der Waals surface area contributed by atoms with Gasteiger partial charge in [-0.3, -0.25) is 0 Å². The number of hydrogen-bond donors (Lipinski definition) is 0. The molecule has 0 aliphatic heterocycles. The van der Waals surface area contributed by atoms with Gasteiger partial charge in [0.1, 0.15) is 5.75 Å². The van der Waals surface area contributed by atoms with Crippen molar-refractivity contribution in [1.29, 1.82) is 0 Å². The van der Waals surface area contributed by atoms with Gasteiger partial charge in [0, 0.05) is 22.3 Å². The number of methoxy groups -OCH3 is 1. The lowest BCUT2D eigenvalue weighted by Gasteiger charge is -2.05. The van der Waals surface area contributed by atoms with Crippen LogP contribution in [0.25, 0.3) is 28.4 Å². The molecule has 0 atom stereocenters. The van der Waals surface area contributed by atoms with Gasteiger partial charge in [0.15, 0.2) is 5.82 Å². The van der Waals surface area contributed by atoms with Crippen LogP contribution in [0, 0.1) is 0 Å². The monoisotopic (exact) mass is 336 g/mol. The van der Waals surface area contributed by atoms with E-state index in [1.807, 2.05) is 54.6 Å². The van der Waals surface area contributed by atoms with Crippen molar-refractivity contribution in [2.24, 2.45) is 0 Å². The van der Waals surface area contributed by atoms with Crippen molar-refractivity contribution in [1.82, 2.24) is 19.6 Å². The lowest BCUT2D eigenvalue weighted by atomic mass is 10.1. The molecule has 0 aliphatic rings. The minimum absolute atomic E-state index is 0.542. The molecule has 5 nitrogen and oxygen atoms in total. The second-order valence-electron chi connectivity index (χ2n) is 5.22. The van der Waals surface area contributed by atoms with E-state index in [4.69, 9.17) is 16.3 Å². The molecule has 118 valence electrons. The van der Waals surface area contributed by atoms with Crippen molar-refractivity contribution in [3.05, 3.63) is 65.8 Å². The molecule has 0 N–H and O–H groups in total. The van der Waals surface area contributed by atoms with E-state index in [-0.39, 0.29) is 0 Å². The zero-order chi connectivity index (χ0) is 16.5. The molecule has 2 aromatic carbocycles. The lowest BCUT2D eigenvalue weighted by Crippen LogP contribution is -1.96. The van der Waals surface area contributed by atoms with Crippen molar-refractivity contribution in [2.75, 3.05) is 7.11 Å². The third-order valence-electron chi connectivity index (χ3n) is 3.71. The summed E-state index contributed by atoms with van der Waals surface area (Å²) >= 11 is 5.94. The van der Waals surface area contributed by atoms with E-state index in [1.165, 1.54) is 0 Å². The summed E-state index contributed by atoms with van der Waals surface area (Å²) in [7, 11) is 1.65. The Kier molecular flexibility index (Phi) is 3.63. The Hall–Kier alpha value is -2.92. The fourth-order valence-electron chi connectivity index (χ4n) is 2.52. The zero-order valence-corrected chi connectivity index (χ0v) is 13.6. The summed E-state index contributed by atoms with van der Waals surface area (Å²) in [6.45, 7) is 0. The minimum Gasteiger partial charge on any atom is -0.497 e. The van der Waals surface area contributed by atoms with Crippen LogP contribution in [0.5, 0.6) is 5.75 Å². The molecule has 4 rings (SSSR count). The number of benzene rings is 2. The smallest absolute Gasteiger partial charge is 0.253 e. The molecular weight excluding hydrogens is 324 g/mol. The predicted octanol–water partition coefficient (Wildman–Crippen LogP) is 4.12. The van der Waals surface area contributed by atoms with Crippen LogP contribution in [0.1, 0.15) is 0 Å². The second kappa shape index (κ2) is 5.94. The Labute approximate surface area is 143 Å². The molecule has 0 spiro atoms. The van der Waals surface area contributed by atoms with Gasteiger partial charge < -0.3 is 4.74 Å². The van der Waals surface area contributed by atoms with Crippen LogP contribution in [0.4, 0.5) is 0 Å². The minimum atomic E-state index is 0.542. The van der Waals surface area contributed by atoms with Crippen LogP contribution in [-0.2, 0) is 0 Å². The second-order valence-corrected chi connectivity index (χ2v) is 5.65. The van der Waals surface area contributed by atoms with E-state index < -0.39 is 0 Å². The molecule has 0 saturated heterocycles. The normalized spacial score (nSPS) is 10.9. The van der Waals surface area contributed by atoms with Crippen molar-refractivity contribution >= 4 is 17.4 Å². The number of ether oxygens (including phenoxy) is 1. The highest BCUT2D eigenvalue weighted by molar-refractivity contribution is 6.30. The highest BCUT2D eigenvalue weighted by atomic mass is 35.5. The van der Waals surface area contributed by atoms with Crippen molar-refractivity contribution in [3.63, 3.8) is 0 Å². The fourth-order valence-corrected chi connectivity index (χ4v) is 2.64. The summed E-state index contributed by atoms with van der Waals surface area (Å²) in [5.41, 5.74) is 2.77. The topological polar surface area (TPSA) is 52.3 Å². The van der Waals surface area contributed by atoms with E-state index >= 15 is 0 Å². The summed E-state index contributed by atoms with van der Waals surface area (Å²) in [4.78, 5) is 8.81. The molecule has 2 aromatic heterocycles. The van der Waals surface area contributed by atoms with Crippen LogP contribution in [0.2, 0.25) is 5.02 Å². The first-order chi connectivity index (χ1) is 11.7. The summed E-state index contributed by atoms with van der Waals surface area (Å²) < 4.78 is 7.04. The standard InChI is InChI=1S/C18H13ClN4O/c1-24-15-4-2-3-13(11-15)16-9-10-20-18-21-17(22-23(16)18)12-5-7-14(19)8-6-12/h2-11H,1H3. The van der Waals surface area contributed by atoms with E-state index in [9.17, 15) is 0 Å². The van der Waals surface area contributed by atoms with Gasteiger partial charge in [-0.15, -0.1) is 5.10 Å². The number of halogens is 1. The highest BCUT2D eigenvalue weighted by Crippen LogP contribution is 2.25. The first-order valence-electron chi connectivity index (χ1n) is 7.37. The van der Waals surface area contributed by atoms with Gasteiger partial charge >= 0.3 is 0 Å². The molecule has 0 aliphatic carbocycles. The number of nitrogens with zero attached hydrogens (tertiary/aromatic N) is 4. The predicted molar refractivity (Wildman–Crippen MR) is 93.2 cm³/mol. The van der Waals surface area contributed by atoms with Crippen molar-refractivity contribution in [3.8, 4) is 28.4 Å². The maximum atomic E-state index is 5.94. The van der Waals surface area contributed by atoms with E-state index in [2.05, 4.69) is 15.1 Å². The van der Waals surface area contributed by atoms with Gasteiger partial charge in [-0.2, -0.15) is 9.50 Å². The third kappa shape index (κ3) is 2.59. The maximum absolute atomic E-state index is 5.94. The molecular formula is C18H13ClN4O. The summed E-state index contributed by atoms with van der Waals surface area (Å²) in [5.74, 6) is 1.94. The lowest BCUT2D eigenvalue weighted by molar-refractivity contribution is 0.415. The molecule has 0 unspecified atom stereocenters. The van der Waals surface area contributed by atoms with Crippen molar-refractivity contribution in [2.45, 2.75) is 0 Å². The SMILES string of the molecule is COc1cccc(-c2ccnc3nc(-c4ccc(Cl)cc4)nn23)c1. The fraction of sp³-hybridized carbons (Fsp3) is 0.0556. The first-order valence-corrected chi connectivity index (χ1v) is 7.74. The van der Waals surface area contributed by atoms with Crippen molar-refractivity contribution < 1.29 is 4.74 Å². The molecule has 0 amide bonds. The van der Waals surface area contributed by atoms with E-state index in [1.54, 1.807) is 17.8 Å². The summed E-state index contributed by atoms with van der Waals surface area (Å²) in [6.07, 6.45) is 1.73. The van der Waals surface area contributed by atoms with Crippen LogP contribution in [-0.4, -0.2) is 26.7 Å². The average molecular weight is 337 g/mol. The van der Waals surface area contributed by atoms with Gasteiger partial charge in [0.25, 0.3) is 5.78 Å². The molecule has 0 bridgehead atoms. The Bertz CT molecular complexity index is 1010. The Balaban J connectivity index is 1.87. The maximum Gasteiger partial charge on any atom is 0.253 e. The largest absolute Gasteiger partial charge is 0.497 e. The Morgan fingerprint density at radius 2 is 1.83 bits per heavy atom. The third-order valence-corrected chi connectivity index (χ3v) is 3.96. The van der Waals surface area contributed by atoms with Crippen LogP contribution < -0.4 is 4.74 Å². The molecule has 24 heavy (non-hydrogen) atoms. The molecule has 4 aromatic rings. The van der Waals surface area contributed by atoms with Crippen LogP contribution in [0.15, 0.2) is 60.8 Å². The quantitative estimate of drug-likeness (QED) is 0.564. The van der Waals surface area contributed by atoms with E-state index in [0.717, 1.165) is 22.6 Å². The number of aromatic nitrogens is 4. The van der Waals surface area contributed by atoms with Gasteiger partial charge in [0.05, 0.1) is 12.8 Å².